The van der Waals surface area contributed by atoms with Crippen LogP contribution in [0.5, 0.6) is 0 Å². The van der Waals surface area contributed by atoms with Gasteiger partial charge in [-0.1, -0.05) is 13.2 Å². The van der Waals surface area contributed by atoms with E-state index in [9.17, 15) is 9.59 Å². The van der Waals surface area contributed by atoms with Crippen molar-refractivity contribution in [1.29, 1.82) is 0 Å². The van der Waals surface area contributed by atoms with Gasteiger partial charge in [0.2, 0.25) is 5.91 Å². The van der Waals surface area contributed by atoms with E-state index in [0.717, 1.165) is 0 Å². The number of rotatable bonds is 2. The van der Waals surface area contributed by atoms with Crippen LogP contribution < -0.4 is 0 Å². The lowest BCUT2D eigenvalue weighted by atomic mass is 10.4. The van der Waals surface area contributed by atoms with Gasteiger partial charge in [0.1, 0.15) is 0 Å². The summed E-state index contributed by atoms with van der Waals surface area (Å²) in [5, 5.41) is 7.89. The highest BCUT2D eigenvalue weighted by Crippen LogP contribution is 1.81. The van der Waals surface area contributed by atoms with Gasteiger partial charge in [0, 0.05) is 19.7 Å². The van der Waals surface area contributed by atoms with E-state index in [-0.39, 0.29) is 11.5 Å². The largest absolute Gasteiger partial charge is 0.478 e. The summed E-state index contributed by atoms with van der Waals surface area (Å²) in [4.78, 5) is 21.4. The summed E-state index contributed by atoms with van der Waals surface area (Å²) < 4.78 is 0. The molecule has 0 spiro atoms. The summed E-state index contributed by atoms with van der Waals surface area (Å²) in [6.45, 7) is 7.89. The van der Waals surface area contributed by atoms with Crippen molar-refractivity contribution >= 4 is 11.9 Å². The van der Waals surface area contributed by atoms with E-state index in [0.29, 0.717) is 0 Å². The van der Waals surface area contributed by atoms with Crippen LogP contribution in [0, 0.1) is 0 Å². The Morgan fingerprint density at radius 2 is 1.69 bits per heavy atom. The van der Waals surface area contributed by atoms with E-state index in [1.807, 2.05) is 0 Å². The Labute approximate surface area is 78.2 Å². The molecule has 0 aromatic heterocycles. The minimum Gasteiger partial charge on any atom is -0.478 e. The standard InChI is InChI=1S/C5H9NO.C4H6O2/c1-4-5(7)6(2)3;1-3(2)4(5)6/h4H,1H2,2-3H3;1H2,2H3,(H,5,6). The molecule has 1 amide bonds. The Balaban J connectivity index is 0. The molecule has 0 atom stereocenters. The molecular weight excluding hydrogens is 170 g/mol. The summed E-state index contributed by atoms with van der Waals surface area (Å²) in [6, 6.07) is 0. The molecule has 0 aromatic carbocycles. The van der Waals surface area contributed by atoms with Crippen LogP contribution in [0.4, 0.5) is 0 Å². The number of hydrogen-bond acceptors (Lipinski definition) is 2. The first-order valence-electron chi connectivity index (χ1n) is 3.55. The van der Waals surface area contributed by atoms with Gasteiger partial charge in [-0.05, 0) is 13.0 Å². The molecule has 0 unspecified atom stereocenters. The van der Waals surface area contributed by atoms with E-state index in [1.54, 1.807) is 14.1 Å². The minimum absolute atomic E-state index is 0.0556. The topological polar surface area (TPSA) is 57.6 Å². The van der Waals surface area contributed by atoms with E-state index >= 15 is 0 Å². The lowest BCUT2D eigenvalue weighted by molar-refractivity contribution is -0.132. The van der Waals surface area contributed by atoms with Crippen LogP contribution in [0.15, 0.2) is 24.8 Å². The maximum atomic E-state index is 10.3. The summed E-state index contributed by atoms with van der Waals surface area (Å²) in [5.41, 5.74) is 0.176. The first-order valence-corrected chi connectivity index (χ1v) is 3.55. The van der Waals surface area contributed by atoms with Crippen LogP contribution in [-0.2, 0) is 9.59 Å². The summed E-state index contributed by atoms with van der Waals surface area (Å²) in [7, 11) is 3.37. The van der Waals surface area contributed by atoms with Gasteiger partial charge in [-0.3, -0.25) is 4.79 Å². The predicted octanol–water partition coefficient (Wildman–Crippen LogP) is 0.908. The smallest absolute Gasteiger partial charge is 0.330 e. The maximum Gasteiger partial charge on any atom is 0.330 e. The molecule has 0 rings (SSSR count). The second-order valence-corrected chi connectivity index (χ2v) is 2.52. The van der Waals surface area contributed by atoms with Gasteiger partial charge >= 0.3 is 5.97 Å². The van der Waals surface area contributed by atoms with E-state index in [1.165, 1.54) is 17.9 Å². The first-order chi connectivity index (χ1) is 5.82. The SMILES string of the molecule is C=C(C)C(=O)O.C=CC(=O)N(C)C. The first kappa shape index (κ1) is 14.0. The maximum absolute atomic E-state index is 10.3. The fourth-order valence-corrected chi connectivity index (χ4v) is 0.183. The monoisotopic (exact) mass is 185 g/mol. The molecule has 0 saturated carbocycles. The molecular formula is C9H15NO3. The molecule has 0 aliphatic rings. The fourth-order valence-electron chi connectivity index (χ4n) is 0.183. The van der Waals surface area contributed by atoms with Crippen molar-refractivity contribution in [3.63, 3.8) is 0 Å². The normalized spacial score (nSPS) is 7.62. The van der Waals surface area contributed by atoms with Crippen molar-refractivity contribution in [3.8, 4) is 0 Å². The highest BCUT2D eigenvalue weighted by molar-refractivity contribution is 5.86. The van der Waals surface area contributed by atoms with Gasteiger partial charge in [0.05, 0.1) is 0 Å². The number of amides is 1. The van der Waals surface area contributed by atoms with Gasteiger partial charge in [0.15, 0.2) is 0 Å². The van der Waals surface area contributed by atoms with Crippen LogP contribution in [0.3, 0.4) is 0 Å². The molecule has 13 heavy (non-hydrogen) atoms. The Bertz CT molecular complexity index is 207. The van der Waals surface area contributed by atoms with Gasteiger partial charge in [0.25, 0.3) is 0 Å². The van der Waals surface area contributed by atoms with Crippen LogP contribution in [0.2, 0.25) is 0 Å². The lowest BCUT2D eigenvalue weighted by Gasteiger charge is -2.03. The Kier molecular flexibility index (Phi) is 7.62. The Hall–Kier alpha value is -1.58. The number of hydrogen-bond donors (Lipinski definition) is 1. The van der Waals surface area contributed by atoms with Crippen molar-refractivity contribution in [2.45, 2.75) is 6.92 Å². The molecule has 0 radical (unpaired) electrons. The van der Waals surface area contributed by atoms with Crippen molar-refractivity contribution in [2.75, 3.05) is 14.1 Å². The second kappa shape index (κ2) is 7.09. The number of aliphatic carboxylic acids is 1. The molecule has 0 aliphatic heterocycles. The molecule has 4 nitrogen and oxygen atoms in total. The highest BCUT2D eigenvalue weighted by atomic mass is 16.4. The number of carboxylic acid groups (broad SMARTS) is 1. The van der Waals surface area contributed by atoms with E-state index in [4.69, 9.17) is 5.11 Å². The van der Waals surface area contributed by atoms with Gasteiger partial charge in [-0.15, -0.1) is 0 Å². The number of carbonyl (C=O) groups excluding carboxylic acids is 1. The fraction of sp³-hybridized carbons (Fsp3) is 0.333. The highest BCUT2D eigenvalue weighted by Gasteiger charge is 1.91. The molecule has 0 bridgehead atoms. The van der Waals surface area contributed by atoms with Gasteiger partial charge < -0.3 is 10.0 Å². The number of carbonyl (C=O) groups is 2. The molecule has 4 heteroatoms. The van der Waals surface area contributed by atoms with Gasteiger partial charge in [-0.25, -0.2) is 4.79 Å². The summed E-state index contributed by atoms with van der Waals surface area (Å²) in [6.07, 6.45) is 1.28. The van der Waals surface area contributed by atoms with Crippen LogP contribution in [0.25, 0.3) is 0 Å². The number of nitrogens with zero attached hydrogens (tertiary/aromatic N) is 1. The third-order valence-corrected chi connectivity index (χ3v) is 0.980. The zero-order chi connectivity index (χ0) is 11.0. The van der Waals surface area contributed by atoms with Crippen molar-refractivity contribution in [1.82, 2.24) is 4.90 Å². The third-order valence-electron chi connectivity index (χ3n) is 0.980. The Morgan fingerprint density at radius 3 is 1.69 bits per heavy atom. The molecule has 0 aliphatic carbocycles. The predicted molar refractivity (Wildman–Crippen MR) is 51.3 cm³/mol. The molecule has 1 N–H and O–H groups in total. The molecule has 0 aromatic rings. The zero-order valence-electron chi connectivity index (χ0n) is 8.20. The number of carboxylic acids is 1. The quantitative estimate of drug-likeness (QED) is 0.650. The van der Waals surface area contributed by atoms with Gasteiger partial charge in [-0.2, -0.15) is 0 Å². The van der Waals surface area contributed by atoms with Crippen molar-refractivity contribution < 1.29 is 14.7 Å². The van der Waals surface area contributed by atoms with Crippen molar-refractivity contribution in [3.05, 3.63) is 24.8 Å². The average Bonchev–Trinajstić information content (AvgIpc) is 2.03. The van der Waals surface area contributed by atoms with Crippen LogP contribution >= 0.6 is 0 Å². The lowest BCUT2D eigenvalue weighted by Crippen LogP contribution is -2.18. The van der Waals surface area contributed by atoms with E-state index < -0.39 is 5.97 Å². The molecule has 0 saturated heterocycles. The summed E-state index contributed by atoms with van der Waals surface area (Å²) >= 11 is 0. The van der Waals surface area contributed by atoms with Crippen molar-refractivity contribution in [2.24, 2.45) is 0 Å². The summed E-state index contributed by atoms with van der Waals surface area (Å²) in [5.74, 6) is -0.991. The van der Waals surface area contributed by atoms with Crippen LogP contribution in [0.1, 0.15) is 6.92 Å². The van der Waals surface area contributed by atoms with E-state index in [2.05, 4.69) is 13.2 Å². The second-order valence-electron chi connectivity index (χ2n) is 2.52. The van der Waals surface area contributed by atoms with Crippen LogP contribution in [-0.4, -0.2) is 36.0 Å². The minimum atomic E-state index is -0.935. The molecule has 0 fully saturated rings. The average molecular weight is 185 g/mol. The molecule has 0 heterocycles. The zero-order valence-corrected chi connectivity index (χ0v) is 8.20. The Morgan fingerprint density at radius 1 is 1.38 bits per heavy atom. The molecule has 74 valence electrons. The number of likely N-dealkylation sites (N-methyl/N-ethyl adjacent to an activating group) is 1. The third kappa shape index (κ3) is 10.4.